The lowest BCUT2D eigenvalue weighted by Crippen LogP contribution is -2.11. The third kappa shape index (κ3) is 5.28. The second-order valence-electron chi connectivity index (χ2n) is 4.86. The second-order valence-corrected chi connectivity index (χ2v) is 4.86. The molecule has 8 heteroatoms. The fourth-order valence-corrected chi connectivity index (χ4v) is 1.82. The number of nitrogens with zero attached hydrogens (tertiary/aromatic N) is 2. The summed E-state index contributed by atoms with van der Waals surface area (Å²) in [4.78, 5) is 18.9. The van der Waals surface area contributed by atoms with E-state index in [1.54, 1.807) is 6.92 Å². The summed E-state index contributed by atoms with van der Waals surface area (Å²) in [6.45, 7) is 4.72. The van der Waals surface area contributed by atoms with Gasteiger partial charge in [-0.25, -0.2) is 4.98 Å². The number of hydrogen-bond acceptors (Lipinski definition) is 4. The summed E-state index contributed by atoms with van der Waals surface area (Å²) in [6, 6.07) is 3.17. The van der Waals surface area contributed by atoms with Gasteiger partial charge in [-0.2, -0.15) is 23.4 Å². The molecule has 0 radical (unpaired) electrons. The lowest BCUT2D eigenvalue weighted by molar-refractivity contribution is -0.138. The monoisotopic (exact) mass is 342 g/mol. The zero-order valence-electron chi connectivity index (χ0n) is 12.8. The van der Waals surface area contributed by atoms with Gasteiger partial charge < -0.3 is 0 Å². The zero-order valence-corrected chi connectivity index (χ0v) is 12.8. The maximum absolute atomic E-state index is 12.7. The number of aromatic nitrogens is 1. The Kier molecular flexibility index (Phi) is 6.80. The standard InChI is InChI=1S/C16H14F4N2O2/c1-3-10(2)15(23)7-11(9-24-20)6-12-4-5-13(16(17,18)19)14(8-21)22-12/h4-5,7H,2-3,6,9H2,1H3/b11-7-. The van der Waals surface area contributed by atoms with Gasteiger partial charge in [-0.1, -0.05) is 13.5 Å². The largest absolute Gasteiger partial charge is 0.419 e. The first-order chi connectivity index (χ1) is 11.2. The lowest BCUT2D eigenvalue weighted by atomic mass is 10.0. The summed E-state index contributed by atoms with van der Waals surface area (Å²) >= 11 is 0. The molecule has 0 spiro atoms. The van der Waals surface area contributed by atoms with Crippen LogP contribution in [0.3, 0.4) is 0 Å². The van der Waals surface area contributed by atoms with Gasteiger partial charge in [-0.05, 0) is 40.3 Å². The van der Waals surface area contributed by atoms with Crippen molar-refractivity contribution in [3.05, 3.63) is 52.9 Å². The Morgan fingerprint density at radius 3 is 2.62 bits per heavy atom. The van der Waals surface area contributed by atoms with Crippen molar-refractivity contribution in [3.8, 4) is 6.07 Å². The second kappa shape index (κ2) is 8.36. The first kappa shape index (κ1) is 19.5. The summed E-state index contributed by atoms with van der Waals surface area (Å²) in [5.41, 5.74) is -1.41. The summed E-state index contributed by atoms with van der Waals surface area (Å²) in [7, 11) is 0. The number of ketones is 1. The van der Waals surface area contributed by atoms with E-state index in [1.807, 2.05) is 0 Å². The molecule has 0 aliphatic rings. The Bertz CT molecular complexity index is 703. The van der Waals surface area contributed by atoms with Crippen LogP contribution in [0.2, 0.25) is 0 Å². The molecule has 1 aromatic heterocycles. The van der Waals surface area contributed by atoms with Crippen LogP contribution in [-0.2, 0) is 22.3 Å². The van der Waals surface area contributed by atoms with Crippen LogP contribution in [0.15, 0.2) is 35.9 Å². The summed E-state index contributed by atoms with van der Waals surface area (Å²) < 4.78 is 50.3. The molecular formula is C16H14F4N2O2. The minimum absolute atomic E-state index is 0.0813. The van der Waals surface area contributed by atoms with E-state index >= 15 is 0 Å². The molecule has 128 valence electrons. The molecule has 0 aliphatic heterocycles. The maximum Gasteiger partial charge on any atom is 0.419 e. The number of carbonyl (C=O) groups excluding carboxylic acids is 1. The molecular weight excluding hydrogens is 328 g/mol. The first-order valence-electron chi connectivity index (χ1n) is 6.85. The van der Waals surface area contributed by atoms with Crippen molar-refractivity contribution in [3.63, 3.8) is 0 Å². The summed E-state index contributed by atoms with van der Waals surface area (Å²) in [5.74, 6) is -0.433. The van der Waals surface area contributed by atoms with Gasteiger partial charge in [0.25, 0.3) is 0 Å². The zero-order chi connectivity index (χ0) is 18.3. The molecule has 0 saturated carbocycles. The van der Waals surface area contributed by atoms with Gasteiger partial charge in [-0.3, -0.25) is 4.79 Å². The van der Waals surface area contributed by atoms with Crippen LogP contribution < -0.4 is 0 Å². The molecule has 0 unspecified atom stereocenters. The van der Waals surface area contributed by atoms with E-state index in [9.17, 15) is 22.5 Å². The molecule has 0 fully saturated rings. The van der Waals surface area contributed by atoms with Gasteiger partial charge in [0.2, 0.25) is 0 Å². The van der Waals surface area contributed by atoms with Gasteiger partial charge >= 0.3 is 6.18 Å². The molecule has 0 saturated heterocycles. The fourth-order valence-electron chi connectivity index (χ4n) is 1.82. The molecule has 0 aliphatic carbocycles. The van der Waals surface area contributed by atoms with Crippen molar-refractivity contribution in [1.29, 1.82) is 5.26 Å². The van der Waals surface area contributed by atoms with Crippen molar-refractivity contribution in [2.75, 3.05) is 6.61 Å². The number of halogens is 4. The Labute approximate surface area is 136 Å². The molecule has 0 N–H and O–H groups in total. The average molecular weight is 342 g/mol. The van der Waals surface area contributed by atoms with Gasteiger partial charge in [0, 0.05) is 12.1 Å². The van der Waals surface area contributed by atoms with E-state index in [2.05, 4.69) is 16.5 Å². The van der Waals surface area contributed by atoms with Crippen molar-refractivity contribution < 1.29 is 27.4 Å². The third-order valence-corrected chi connectivity index (χ3v) is 3.12. The molecule has 24 heavy (non-hydrogen) atoms. The minimum Gasteiger partial charge on any atom is -0.290 e. The first-order valence-corrected chi connectivity index (χ1v) is 6.85. The molecule has 0 amide bonds. The van der Waals surface area contributed by atoms with Crippen molar-refractivity contribution in [2.24, 2.45) is 0 Å². The molecule has 0 atom stereocenters. The number of alkyl halides is 3. The van der Waals surface area contributed by atoms with E-state index in [4.69, 9.17) is 5.26 Å². The highest BCUT2D eigenvalue weighted by molar-refractivity contribution is 6.03. The molecule has 1 heterocycles. The number of carbonyl (C=O) groups is 1. The molecule has 0 aromatic carbocycles. The Morgan fingerprint density at radius 1 is 1.46 bits per heavy atom. The van der Waals surface area contributed by atoms with Gasteiger partial charge in [-0.15, -0.1) is 0 Å². The molecule has 1 rings (SSSR count). The van der Waals surface area contributed by atoms with Crippen LogP contribution in [0, 0.1) is 11.3 Å². The van der Waals surface area contributed by atoms with Gasteiger partial charge in [0.15, 0.2) is 11.5 Å². The van der Waals surface area contributed by atoms with Crippen LogP contribution in [0.1, 0.15) is 30.3 Å². The Balaban J connectivity index is 3.12. The van der Waals surface area contributed by atoms with E-state index in [-0.39, 0.29) is 17.7 Å². The predicted octanol–water partition coefficient (Wildman–Crippen LogP) is 3.88. The highest BCUT2D eigenvalue weighted by atomic mass is 19.4. The lowest BCUT2D eigenvalue weighted by Gasteiger charge is -2.10. The number of hydrogen-bond donors (Lipinski definition) is 0. The van der Waals surface area contributed by atoms with Crippen LogP contribution >= 0.6 is 0 Å². The van der Waals surface area contributed by atoms with E-state index < -0.39 is 29.8 Å². The van der Waals surface area contributed by atoms with Crippen LogP contribution in [0.4, 0.5) is 17.7 Å². The van der Waals surface area contributed by atoms with Crippen molar-refractivity contribution >= 4 is 5.78 Å². The van der Waals surface area contributed by atoms with E-state index in [1.165, 1.54) is 6.07 Å². The smallest absolute Gasteiger partial charge is 0.290 e. The minimum atomic E-state index is -4.70. The Hall–Kier alpha value is -2.53. The number of allylic oxidation sites excluding steroid dienone is 2. The van der Waals surface area contributed by atoms with E-state index in [0.717, 1.165) is 18.2 Å². The normalized spacial score (nSPS) is 11.9. The fraction of sp³-hybridized carbons (Fsp3) is 0.312. The molecule has 0 bridgehead atoms. The predicted molar refractivity (Wildman–Crippen MR) is 77.2 cm³/mol. The van der Waals surface area contributed by atoms with E-state index in [0.29, 0.717) is 12.0 Å². The highest BCUT2D eigenvalue weighted by Gasteiger charge is 2.34. The summed E-state index contributed by atoms with van der Waals surface area (Å²) in [6.07, 6.45) is -3.33. The van der Waals surface area contributed by atoms with Crippen LogP contribution in [0.5, 0.6) is 0 Å². The van der Waals surface area contributed by atoms with Crippen molar-refractivity contribution in [1.82, 2.24) is 4.98 Å². The Morgan fingerprint density at radius 2 is 2.12 bits per heavy atom. The summed E-state index contributed by atoms with van der Waals surface area (Å²) in [5, 5.41) is 8.82. The van der Waals surface area contributed by atoms with Crippen LogP contribution in [0.25, 0.3) is 0 Å². The van der Waals surface area contributed by atoms with Crippen LogP contribution in [-0.4, -0.2) is 17.4 Å². The molecule has 1 aromatic rings. The number of pyridine rings is 1. The van der Waals surface area contributed by atoms with Gasteiger partial charge in [0.05, 0.1) is 5.56 Å². The maximum atomic E-state index is 12.7. The quantitative estimate of drug-likeness (QED) is 0.557. The number of nitriles is 1. The highest BCUT2D eigenvalue weighted by Crippen LogP contribution is 2.31. The topological polar surface area (TPSA) is 63.0 Å². The van der Waals surface area contributed by atoms with Crippen molar-refractivity contribution in [2.45, 2.75) is 25.9 Å². The SMILES string of the molecule is C=C(CC)C(=O)/C=C(\COF)Cc1ccc(C(F)(F)F)c(C#N)n1. The van der Waals surface area contributed by atoms with Gasteiger partial charge in [0.1, 0.15) is 12.7 Å². The third-order valence-electron chi connectivity index (χ3n) is 3.12. The average Bonchev–Trinajstić information content (AvgIpc) is 2.52. The number of rotatable bonds is 7. The molecule has 4 nitrogen and oxygen atoms in total.